The average molecular weight is 399 g/mol. The second-order valence-electron chi connectivity index (χ2n) is 7.33. The first kappa shape index (κ1) is 21.1. The van der Waals surface area contributed by atoms with Gasteiger partial charge in [-0.15, -0.1) is 0 Å². The van der Waals surface area contributed by atoms with Gasteiger partial charge in [0, 0.05) is 38.1 Å². The van der Waals surface area contributed by atoms with E-state index in [1.807, 2.05) is 38.2 Å². The van der Waals surface area contributed by atoms with E-state index >= 15 is 0 Å². The molecule has 2 unspecified atom stereocenters. The summed E-state index contributed by atoms with van der Waals surface area (Å²) < 4.78 is 10.8. The van der Waals surface area contributed by atoms with Crippen LogP contribution >= 0.6 is 0 Å². The van der Waals surface area contributed by atoms with Crippen LogP contribution in [0.3, 0.4) is 0 Å². The summed E-state index contributed by atoms with van der Waals surface area (Å²) in [5, 5.41) is 6.54. The number of pyridine rings is 1. The number of piperazine rings is 1. The van der Waals surface area contributed by atoms with Crippen molar-refractivity contribution in [3.8, 4) is 11.5 Å². The molecule has 156 valence electrons. The number of aryl methyl sites for hydroxylation is 1. The summed E-state index contributed by atoms with van der Waals surface area (Å²) in [5.41, 5.74) is 3.18. The van der Waals surface area contributed by atoms with Crippen molar-refractivity contribution >= 4 is 5.91 Å². The quantitative estimate of drug-likeness (QED) is 0.745. The number of benzene rings is 1. The van der Waals surface area contributed by atoms with Crippen molar-refractivity contribution < 1.29 is 14.3 Å². The molecule has 1 aliphatic heterocycles. The Balaban J connectivity index is 1.68. The molecule has 3 rings (SSSR count). The summed E-state index contributed by atoms with van der Waals surface area (Å²) in [5.74, 6) is 1.35. The van der Waals surface area contributed by atoms with Gasteiger partial charge in [0.25, 0.3) is 0 Å². The Morgan fingerprint density at radius 1 is 1.34 bits per heavy atom. The minimum atomic E-state index is -0.137. The Morgan fingerprint density at radius 2 is 2.10 bits per heavy atom. The van der Waals surface area contributed by atoms with Crippen LogP contribution < -0.4 is 20.1 Å². The minimum Gasteiger partial charge on any atom is -0.493 e. The maximum atomic E-state index is 12.8. The van der Waals surface area contributed by atoms with Gasteiger partial charge < -0.3 is 20.1 Å². The van der Waals surface area contributed by atoms with Gasteiger partial charge >= 0.3 is 0 Å². The zero-order valence-electron chi connectivity index (χ0n) is 17.6. The molecule has 29 heavy (non-hydrogen) atoms. The number of hydrogen-bond acceptors (Lipinski definition) is 6. The number of ether oxygens (including phenoxy) is 2. The number of nitrogens with one attached hydrogen (secondary N) is 2. The molecule has 7 heteroatoms. The number of carbonyl (C=O) groups excluding carboxylic acids is 1. The summed E-state index contributed by atoms with van der Waals surface area (Å²) >= 11 is 0. The van der Waals surface area contributed by atoms with E-state index < -0.39 is 0 Å². The third-order valence-corrected chi connectivity index (χ3v) is 5.39. The van der Waals surface area contributed by atoms with E-state index in [9.17, 15) is 4.79 Å². The summed E-state index contributed by atoms with van der Waals surface area (Å²) in [6, 6.07) is 7.87. The first-order chi connectivity index (χ1) is 14.0. The largest absolute Gasteiger partial charge is 0.493 e. The van der Waals surface area contributed by atoms with Crippen LogP contribution in [0.15, 0.2) is 36.7 Å². The molecule has 2 aromatic rings. The lowest BCUT2D eigenvalue weighted by Crippen LogP contribution is -2.49. The highest BCUT2D eigenvalue weighted by atomic mass is 16.5. The number of carbonyl (C=O) groups is 1. The van der Waals surface area contributed by atoms with Crippen molar-refractivity contribution in [2.75, 3.05) is 40.4 Å². The van der Waals surface area contributed by atoms with E-state index in [4.69, 9.17) is 9.47 Å². The fourth-order valence-corrected chi connectivity index (χ4v) is 3.85. The van der Waals surface area contributed by atoms with Crippen molar-refractivity contribution in [1.82, 2.24) is 20.5 Å². The van der Waals surface area contributed by atoms with Crippen LogP contribution in [0.2, 0.25) is 0 Å². The predicted molar refractivity (Wildman–Crippen MR) is 112 cm³/mol. The van der Waals surface area contributed by atoms with Crippen LogP contribution in [0.1, 0.15) is 35.7 Å². The Morgan fingerprint density at radius 3 is 2.79 bits per heavy atom. The van der Waals surface area contributed by atoms with Gasteiger partial charge in [-0.1, -0.05) is 6.07 Å². The van der Waals surface area contributed by atoms with Crippen LogP contribution in [-0.4, -0.2) is 56.2 Å². The lowest BCUT2D eigenvalue weighted by molar-refractivity contribution is -0.123. The molecule has 1 amide bonds. The monoisotopic (exact) mass is 398 g/mol. The minimum absolute atomic E-state index is 0.00229. The second-order valence-corrected chi connectivity index (χ2v) is 7.33. The standard InChI is InChI=1S/C22H30N4O3/c1-15-10-20(28-3)21(29-4)11-18(15)16(2)25-22(27)14-26-9-8-24-13-19(26)17-6-5-7-23-12-17/h5-7,10-12,16,19,24H,8-9,13-14H2,1-4H3,(H,25,27). The van der Waals surface area contributed by atoms with E-state index in [-0.39, 0.29) is 18.0 Å². The second kappa shape index (κ2) is 9.71. The summed E-state index contributed by atoms with van der Waals surface area (Å²) in [4.78, 5) is 19.2. The number of hydrogen-bond donors (Lipinski definition) is 2. The summed E-state index contributed by atoms with van der Waals surface area (Å²) in [7, 11) is 3.23. The van der Waals surface area contributed by atoms with E-state index in [2.05, 4.69) is 26.6 Å². The highest BCUT2D eigenvalue weighted by molar-refractivity contribution is 5.78. The van der Waals surface area contributed by atoms with Crippen molar-refractivity contribution in [3.05, 3.63) is 53.3 Å². The van der Waals surface area contributed by atoms with Gasteiger partial charge in [-0.2, -0.15) is 0 Å². The lowest BCUT2D eigenvalue weighted by atomic mass is 10.0. The summed E-state index contributed by atoms with van der Waals surface area (Å²) in [6.45, 7) is 6.84. The van der Waals surface area contributed by atoms with E-state index in [1.165, 1.54) is 0 Å². The molecule has 0 aliphatic carbocycles. The van der Waals surface area contributed by atoms with Gasteiger partial charge in [-0.05, 0) is 48.7 Å². The van der Waals surface area contributed by atoms with E-state index in [0.29, 0.717) is 18.0 Å². The van der Waals surface area contributed by atoms with Crippen molar-refractivity contribution in [3.63, 3.8) is 0 Å². The van der Waals surface area contributed by atoms with Crippen LogP contribution in [0.25, 0.3) is 0 Å². The maximum absolute atomic E-state index is 12.8. The number of nitrogens with zero attached hydrogens (tertiary/aromatic N) is 2. The predicted octanol–water partition coefficient (Wildman–Crippen LogP) is 2.23. The third-order valence-electron chi connectivity index (χ3n) is 5.39. The van der Waals surface area contributed by atoms with Gasteiger partial charge in [0.1, 0.15) is 0 Å². The molecule has 7 nitrogen and oxygen atoms in total. The van der Waals surface area contributed by atoms with E-state index in [1.54, 1.807) is 20.4 Å². The maximum Gasteiger partial charge on any atom is 0.234 e. The molecule has 1 saturated heterocycles. The molecule has 1 aliphatic rings. The molecular weight excluding hydrogens is 368 g/mol. The lowest BCUT2D eigenvalue weighted by Gasteiger charge is -2.36. The molecule has 2 N–H and O–H groups in total. The number of rotatable bonds is 7. The molecule has 2 heterocycles. The normalized spacial score (nSPS) is 18.1. The third kappa shape index (κ3) is 5.05. The number of aromatic nitrogens is 1. The summed E-state index contributed by atoms with van der Waals surface area (Å²) in [6.07, 6.45) is 3.64. The number of amides is 1. The van der Waals surface area contributed by atoms with Gasteiger partial charge in [0.05, 0.1) is 26.8 Å². The van der Waals surface area contributed by atoms with Gasteiger partial charge in [-0.25, -0.2) is 0 Å². The van der Waals surface area contributed by atoms with Crippen LogP contribution in [0.5, 0.6) is 11.5 Å². The van der Waals surface area contributed by atoms with Crippen molar-refractivity contribution in [2.24, 2.45) is 0 Å². The molecular formula is C22H30N4O3. The SMILES string of the molecule is COc1cc(C)c(C(C)NC(=O)CN2CCNCC2c2cccnc2)cc1OC. The molecule has 0 bridgehead atoms. The zero-order chi connectivity index (χ0) is 20.8. The van der Waals surface area contributed by atoms with E-state index in [0.717, 1.165) is 36.3 Å². The van der Waals surface area contributed by atoms with Crippen LogP contribution in [0.4, 0.5) is 0 Å². The van der Waals surface area contributed by atoms with Crippen LogP contribution in [-0.2, 0) is 4.79 Å². The fourth-order valence-electron chi connectivity index (χ4n) is 3.85. The first-order valence-corrected chi connectivity index (χ1v) is 9.90. The van der Waals surface area contributed by atoms with Gasteiger partial charge in [0.2, 0.25) is 5.91 Å². The van der Waals surface area contributed by atoms with Crippen LogP contribution in [0, 0.1) is 6.92 Å². The fraction of sp³-hybridized carbons (Fsp3) is 0.455. The average Bonchev–Trinajstić information content (AvgIpc) is 2.74. The first-order valence-electron chi connectivity index (χ1n) is 9.90. The number of methoxy groups -OCH3 is 2. The van der Waals surface area contributed by atoms with Crippen molar-refractivity contribution in [2.45, 2.75) is 25.9 Å². The molecule has 0 spiro atoms. The Bertz CT molecular complexity index is 828. The molecule has 2 atom stereocenters. The zero-order valence-corrected chi connectivity index (χ0v) is 17.6. The Hall–Kier alpha value is -2.64. The van der Waals surface area contributed by atoms with Crippen molar-refractivity contribution in [1.29, 1.82) is 0 Å². The highest BCUT2D eigenvalue weighted by Gasteiger charge is 2.26. The molecule has 1 fully saturated rings. The van der Waals surface area contributed by atoms with Gasteiger partial charge in [-0.3, -0.25) is 14.7 Å². The molecule has 0 radical (unpaired) electrons. The molecule has 1 aromatic heterocycles. The molecule has 1 aromatic carbocycles. The Labute approximate surface area is 172 Å². The smallest absolute Gasteiger partial charge is 0.234 e. The van der Waals surface area contributed by atoms with Gasteiger partial charge in [0.15, 0.2) is 11.5 Å². The highest BCUT2D eigenvalue weighted by Crippen LogP contribution is 2.32. The molecule has 0 saturated carbocycles. The topological polar surface area (TPSA) is 75.7 Å². The Kier molecular flexibility index (Phi) is 7.06.